The van der Waals surface area contributed by atoms with E-state index in [-0.39, 0.29) is 5.82 Å². The van der Waals surface area contributed by atoms with Crippen LogP contribution in [0.2, 0.25) is 0 Å². The summed E-state index contributed by atoms with van der Waals surface area (Å²) in [6.45, 7) is 0.619. The molecule has 0 bridgehead atoms. The molecule has 27 heavy (non-hydrogen) atoms. The third-order valence-electron chi connectivity index (χ3n) is 3.92. The quantitative estimate of drug-likeness (QED) is 0.557. The van der Waals surface area contributed by atoms with Crippen LogP contribution in [0.25, 0.3) is 5.69 Å². The smallest absolute Gasteiger partial charge is 0.345 e. The number of para-hydroxylation sites is 1. The molecule has 0 fully saturated rings. The zero-order valence-electron chi connectivity index (χ0n) is 14.3. The third-order valence-corrected chi connectivity index (χ3v) is 3.92. The predicted molar refractivity (Wildman–Crippen MR) is 99.4 cm³/mol. The molecule has 0 aliphatic rings. The molecule has 0 radical (unpaired) electrons. The standard InChI is InChI=1S/C20H16FN5O/c21-16-8-10-17(11-9-16)22-14-15-6-12-19(13-7-15)27-20-23-24-25-26(20)18-4-2-1-3-5-18/h1-13,22H,14H2. The van der Waals surface area contributed by atoms with Crippen molar-refractivity contribution < 1.29 is 9.13 Å². The van der Waals surface area contributed by atoms with Crippen molar-refractivity contribution in [2.45, 2.75) is 6.54 Å². The average molecular weight is 361 g/mol. The fraction of sp³-hybridized carbons (Fsp3) is 0.0500. The maximum atomic E-state index is 12.9. The van der Waals surface area contributed by atoms with Crippen molar-refractivity contribution in [1.29, 1.82) is 0 Å². The molecule has 134 valence electrons. The summed E-state index contributed by atoms with van der Waals surface area (Å²) in [4.78, 5) is 0. The Kier molecular flexibility index (Phi) is 4.74. The van der Waals surface area contributed by atoms with Crippen LogP contribution in [0.3, 0.4) is 0 Å². The number of nitrogens with zero attached hydrogens (tertiary/aromatic N) is 4. The van der Waals surface area contributed by atoms with Crippen LogP contribution in [0.1, 0.15) is 5.56 Å². The van der Waals surface area contributed by atoms with Gasteiger partial charge in [-0.3, -0.25) is 0 Å². The highest BCUT2D eigenvalue weighted by atomic mass is 19.1. The van der Waals surface area contributed by atoms with Crippen LogP contribution < -0.4 is 10.1 Å². The molecule has 0 aliphatic heterocycles. The van der Waals surface area contributed by atoms with Gasteiger partial charge >= 0.3 is 6.01 Å². The van der Waals surface area contributed by atoms with Gasteiger partial charge in [-0.2, -0.15) is 4.68 Å². The van der Waals surface area contributed by atoms with Gasteiger partial charge in [-0.1, -0.05) is 35.4 Å². The molecular weight excluding hydrogens is 345 g/mol. The van der Waals surface area contributed by atoms with Gasteiger partial charge < -0.3 is 10.1 Å². The second kappa shape index (κ2) is 7.65. The Labute approximate surface area is 155 Å². The molecule has 0 unspecified atom stereocenters. The molecule has 0 saturated heterocycles. The fourth-order valence-corrected chi connectivity index (χ4v) is 2.53. The lowest BCUT2D eigenvalue weighted by Gasteiger charge is -2.08. The van der Waals surface area contributed by atoms with Crippen LogP contribution in [-0.2, 0) is 6.54 Å². The van der Waals surface area contributed by atoms with E-state index < -0.39 is 0 Å². The number of benzene rings is 3. The van der Waals surface area contributed by atoms with Gasteiger partial charge in [0.05, 0.1) is 5.69 Å². The summed E-state index contributed by atoms with van der Waals surface area (Å²) in [5.41, 5.74) is 2.74. The number of aromatic nitrogens is 4. The van der Waals surface area contributed by atoms with Crippen molar-refractivity contribution in [2.75, 3.05) is 5.32 Å². The fourth-order valence-electron chi connectivity index (χ4n) is 2.53. The minimum atomic E-state index is -0.250. The Hall–Kier alpha value is -3.74. The summed E-state index contributed by atoms with van der Waals surface area (Å²) in [6.07, 6.45) is 0. The minimum absolute atomic E-state index is 0.250. The highest BCUT2D eigenvalue weighted by molar-refractivity contribution is 5.44. The Balaban J connectivity index is 1.41. The summed E-state index contributed by atoms with van der Waals surface area (Å²) in [7, 11) is 0. The van der Waals surface area contributed by atoms with E-state index in [4.69, 9.17) is 4.74 Å². The zero-order chi connectivity index (χ0) is 18.5. The molecule has 4 rings (SSSR count). The molecule has 0 saturated carbocycles. The monoisotopic (exact) mass is 361 g/mol. The summed E-state index contributed by atoms with van der Waals surface area (Å²) in [6, 6.07) is 23.7. The van der Waals surface area contributed by atoms with Gasteiger partial charge in [-0.25, -0.2) is 4.39 Å². The number of halogens is 1. The highest BCUT2D eigenvalue weighted by Crippen LogP contribution is 2.21. The summed E-state index contributed by atoms with van der Waals surface area (Å²) >= 11 is 0. The van der Waals surface area contributed by atoms with Crippen LogP contribution in [0.15, 0.2) is 78.9 Å². The first-order valence-corrected chi connectivity index (χ1v) is 8.38. The van der Waals surface area contributed by atoms with Crippen LogP contribution in [0.4, 0.5) is 10.1 Å². The SMILES string of the molecule is Fc1ccc(NCc2ccc(Oc3nnnn3-c3ccccc3)cc2)cc1. The van der Waals surface area contributed by atoms with Gasteiger partial charge in [0.1, 0.15) is 11.6 Å². The van der Waals surface area contributed by atoms with Crippen molar-refractivity contribution in [1.82, 2.24) is 20.2 Å². The number of nitrogens with one attached hydrogen (secondary N) is 1. The van der Waals surface area contributed by atoms with E-state index in [1.165, 1.54) is 16.8 Å². The molecule has 1 heterocycles. The molecule has 0 spiro atoms. The maximum Gasteiger partial charge on any atom is 0.345 e. The van der Waals surface area contributed by atoms with E-state index in [1.54, 1.807) is 12.1 Å². The van der Waals surface area contributed by atoms with Gasteiger partial charge in [0.25, 0.3) is 0 Å². The van der Waals surface area contributed by atoms with E-state index >= 15 is 0 Å². The minimum Gasteiger partial charge on any atom is -0.423 e. The lowest BCUT2D eigenvalue weighted by molar-refractivity contribution is 0.427. The molecule has 0 amide bonds. The lowest BCUT2D eigenvalue weighted by Crippen LogP contribution is -2.01. The summed E-state index contributed by atoms with van der Waals surface area (Å²) in [5.74, 6) is 0.382. The topological polar surface area (TPSA) is 64.9 Å². The molecule has 1 N–H and O–H groups in total. The Morgan fingerprint density at radius 3 is 2.37 bits per heavy atom. The summed E-state index contributed by atoms with van der Waals surface area (Å²) < 4.78 is 20.3. The van der Waals surface area contributed by atoms with Gasteiger partial charge in [0, 0.05) is 12.2 Å². The first-order valence-electron chi connectivity index (χ1n) is 8.38. The van der Waals surface area contributed by atoms with Gasteiger partial charge in [0.15, 0.2) is 0 Å². The number of anilines is 1. The predicted octanol–water partition coefficient (Wildman–Crippen LogP) is 4.21. The van der Waals surface area contributed by atoms with Gasteiger partial charge in [-0.15, -0.1) is 0 Å². The average Bonchev–Trinajstić information content (AvgIpc) is 3.17. The van der Waals surface area contributed by atoms with E-state index in [1.807, 2.05) is 54.6 Å². The van der Waals surface area contributed by atoms with Gasteiger partial charge in [-0.05, 0) is 64.5 Å². The van der Waals surface area contributed by atoms with Crippen molar-refractivity contribution >= 4 is 5.69 Å². The van der Waals surface area contributed by atoms with E-state index in [0.717, 1.165) is 16.9 Å². The molecule has 1 aromatic heterocycles. The molecule has 0 atom stereocenters. The highest BCUT2D eigenvalue weighted by Gasteiger charge is 2.10. The Morgan fingerprint density at radius 2 is 1.63 bits per heavy atom. The number of hydrogen-bond donors (Lipinski definition) is 1. The van der Waals surface area contributed by atoms with Crippen molar-refractivity contribution in [2.24, 2.45) is 0 Å². The van der Waals surface area contributed by atoms with Crippen molar-refractivity contribution in [3.63, 3.8) is 0 Å². The van der Waals surface area contributed by atoms with Crippen LogP contribution in [0.5, 0.6) is 11.8 Å². The largest absolute Gasteiger partial charge is 0.423 e. The molecule has 6 nitrogen and oxygen atoms in total. The van der Waals surface area contributed by atoms with E-state index in [2.05, 4.69) is 20.8 Å². The number of hydrogen-bond acceptors (Lipinski definition) is 5. The van der Waals surface area contributed by atoms with E-state index in [9.17, 15) is 4.39 Å². The number of rotatable bonds is 6. The molecule has 3 aromatic carbocycles. The normalized spacial score (nSPS) is 10.6. The maximum absolute atomic E-state index is 12.9. The van der Waals surface area contributed by atoms with E-state index in [0.29, 0.717) is 18.3 Å². The Morgan fingerprint density at radius 1 is 0.889 bits per heavy atom. The van der Waals surface area contributed by atoms with Gasteiger partial charge in [0.2, 0.25) is 0 Å². The molecule has 7 heteroatoms. The van der Waals surface area contributed by atoms with Crippen LogP contribution >= 0.6 is 0 Å². The number of ether oxygens (including phenoxy) is 1. The van der Waals surface area contributed by atoms with Crippen LogP contribution in [-0.4, -0.2) is 20.2 Å². The van der Waals surface area contributed by atoms with Crippen molar-refractivity contribution in [3.05, 3.63) is 90.2 Å². The first-order chi connectivity index (χ1) is 13.3. The zero-order valence-corrected chi connectivity index (χ0v) is 14.3. The lowest BCUT2D eigenvalue weighted by atomic mass is 10.2. The molecular formula is C20H16FN5O. The molecule has 4 aromatic rings. The first kappa shape index (κ1) is 16.7. The second-order valence-electron chi connectivity index (χ2n) is 5.82. The molecule has 0 aliphatic carbocycles. The number of tetrazole rings is 1. The summed E-state index contributed by atoms with van der Waals surface area (Å²) in [5, 5.41) is 14.8. The second-order valence-corrected chi connectivity index (χ2v) is 5.82. The van der Waals surface area contributed by atoms with Crippen LogP contribution in [0, 0.1) is 5.82 Å². The Bertz CT molecular complexity index is 1000. The van der Waals surface area contributed by atoms with Crippen molar-refractivity contribution in [3.8, 4) is 17.4 Å². The third kappa shape index (κ3) is 4.09.